The fourth-order valence-corrected chi connectivity index (χ4v) is 1.18. The summed E-state index contributed by atoms with van der Waals surface area (Å²) >= 11 is 0. The highest BCUT2D eigenvalue weighted by Gasteiger charge is 2.04. The van der Waals surface area contributed by atoms with Gasteiger partial charge >= 0.3 is 0 Å². The van der Waals surface area contributed by atoms with E-state index in [4.69, 9.17) is 4.74 Å². The van der Waals surface area contributed by atoms with Crippen LogP contribution >= 0.6 is 0 Å². The van der Waals surface area contributed by atoms with Gasteiger partial charge in [-0.05, 0) is 19.3 Å². The lowest BCUT2D eigenvalue weighted by Crippen LogP contribution is -2.08. The Hall–Kier alpha value is -0.0400. The number of ether oxygens (including phenoxy) is 1. The molecule has 0 rings (SSSR count). The zero-order valence-corrected chi connectivity index (χ0v) is 8.23. The Bertz CT molecular complexity index is 63.3. The van der Waals surface area contributed by atoms with Crippen molar-refractivity contribution < 1.29 is 4.74 Å². The van der Waals surface area contributed by atoms with E-state index in [0.717, 1.165) is 19.1 Å². The van der Waals surface area contributed by atoms with E-state index < -0.39 is 0 Å². The van der Waals surface area contributed by atoms with Crippen LogP contribution in [-0.4, -0.2) is 13.2 Å². The van der Waals surface area contributed by atoms with E-state index in [-0.39, 0.29) is 0 Å². The van der Waals surface area contributed by atoms with Gasteiger partial charge in [0.1, 0.15) is 0 Å². The first-order valence-electron chi connectivity index (χ1n) is 4.92. The molecule has 0 aliphatic carbocycles. The standard InChI is InChI=1S/C10H22O/c1-4-7-8-10(5-2)9-11-6-3/h10H,4-9H2,1-3H3/t10-/m1/s1. The molecule has 0 amide bonds. The molecule has 0 aliphatic rings. The van der Waals surface area contributed by atoms with E-state index in [9.17, 15) is 0 Å². The highest BCUT2D eigenvalue weighted by Crippen LogP contribution is 2.12. The van der Waals surface area contributed by atoms with Crippen LogP contribution in [0.25, 0.3) is 0 Å². The highest BCUT2D eigenvalue weighted by atomic mass is 16.5. The third kappa shape index (κ3) is 6.36. The molecule has 1 atom stereocenters. The summed E-state index contributed by atoms with van der Waals surface area (Å²) < 4.78 is 5.38. The Labute approximate surface area is 71.1 Å². The SMILES string of the molecule is CCCC[C@@H](CC)COCC. The van der Waals surface area contributed by atoms with Gasteiger partial charge in [0, 0.05) is 13.2 Å². The molecule has 0 aromatic rings. The van der Waals surface area contributed by atoms with Crippen LogP contribution in [0, 0.1) is 5.92 Å². The quantitative estimate of drug-likeness (QED) is 0.552. The zero-order chi connectivity index (χ0) is 8.53. The van der Waals surface area contributed by atoms with Gasteiger partial charge in [-0.1, -0.05) is 33.1 Å². The smallest absolute Gasteiger partial charge is 0.0494 e. The Balaban J connectivity index is 3.25. The molecule has 0 saturated carbocycles. The molecule has 0 saturated heterocycles. The number of hydrogen-bond acceptors (Lipinski definition) is 1. The normalized spacial score (nSPS) is 13.4. The molecular formula is C10H22O. The second kappa shape index (κ2) is 8.06. The maximum atomic E-state index is 5.38. The molecule has 0 radical (unpaired) electrons. The fraction of sp³-hybridized carbons (Fsp3) is 1.00. The van der Waals surface area contributed by atoms with Crippen LogP contribution in [0.4, 0.5) is 0 Å². The van der Waals surface area contributed by atoms with Crippen molar-refractivity contribution in [3.05, 3.63) is 0 Å². The van der Waals surface area contributed by atoms with Crippen LogP contribution in [0.1, 0.15) is 46.5 Å². The molecule has 0 heterocycles. The van der Waals surface area contributed by atoms with Crippen molar-refractivity contribution in [1.82, 2.24) is 0 Å². The Morgan fingerprint density at radius 3 is 2.36 bits per heavy atom. The second-order valence-electron chi connectivity index (χ2n) is 3.08. The average Bonchev–Trinajstić information content (AvgIpc) is 2.05. The predicted octanol–water partition coefficient (Wildman–Crippen LogP) is 3.24. The molecule has 0 unspecified atom stereocenters. The first-order chi connectivity index (χ1) is 5.35. The summed E-state index contributed by atoms with van der Waals surface area (Å²) in [4.78, 5) is 0. The molecule has 0 aromatic carbocycles. The molecule has 11 heavy (non-hydrogen) atoms. The van der Waals surface area contributed by atoms with Crippen molar-refractivity contribution >= 4 is 0 Å². The maximum Gasteiger partial charge on any atom is 0.0494 e. The fourth-order valence-electron chi connectivity index (χ4n) is 1.18. The lowest BCUT2D eigenvalue weighted by atomic mass is 10.0. The molecular weight excluding hydrogens is 136 g/mol. The summed E-state index contributed by atoms with van der Waals surface area (Å²) in [5, 5.41) is 0. The summed E-state index contributed by atoms with van der Waals surface area (Å²) in [6.45, 7) is 8.38. The van der Waals surface area contributed by atoms with Gasteiger partial charge in [0.2, 0.25) is 0 Å². The van der Waals surface area contributed by atoms with Gasteiger partial charge in [0.25, 0.3) is 0 Å². The monoisotopic (exact) mass is 158 g/mol. The van der Waals surface area contributed by atoms with E-state index in [1.165, 1.54) is 25.7 Å². The van der Waals surface area contributed by atoms with Gasteiger partial charge in [0.15, 0.2) is 0 Å². The average molecular weight is 158 g/mol. The van der Waals surface area contributed by atoms with Gasteiger partial charge in [-0.25, -0.2) is 0 Å². The van der Waals surface area contributed by atoms with E-state index in [1.807, 2.05) is 0 Å². The molecule has 0 aliphatic heterocycles. The summed E-state index contributed by atoms with van der Waals surface area (Å²) in [5.74, 6) is 0.801. The van der Waals surface area contributed by atoms with E-state index in [2.05, 4.69) is 20.8 Å². The minimum absolute atomic E-state index is 0.801. The molecule has 1 heteroatoms. The summed E-state index contributed by atoms with van der Waals surface area (Å²) in [6, 6.07) is 0. The molecule has 0 N–H and O–H groups in total. The minimum Gasteiger partial charge on any atom is -0.381 e. The minimum atomic E-state index is 0.801. The Morgan fingerprint density at radius 2 is 1.91 bits per heavy atom. The molecule has 0 spiro atoms. The van der Waals surface area contributed by atoms with Crippen molar-refractivity contribution in [3.63, 3.8) is 0 Å². The van der Waals surface area contributed by atoms with Crippen molar-refractivity contribution in [1.29, 1.82) is 0 Å². The lowest BCUT2D eigenvalue weighted by molar-refractivity contribution is 0.104. The van der Waals surface area contributed by atoms with Crippen molar-refractivity contribution in [2.24, 2.45) is 5.92 Å². The molecule has 68 valence electrons. The second-order valence-corrected chi connectivity index (χ2v) is 3.08. The Morgan fingerprint density at radius 1 is 1.18 bits per heavy atom. The number of rotatable bonds is 7. The van der Waals surface area contributed by atoms with Gasteiger partial charge in [-0.3, -0.25) is 0 Å². The molecule has 0 aromatic heterocycles. The summed E-state index contributed by atoms with van der Waals surface area (Å²) in [6.07, 6.45) is 5.27. The highest BCUT2D eigenvalue weighted by molar-refractivity contribution is 4.55. The Kier molecular flexibility index (Phi) is 8.03. The lowest BCUT2D eigenvalue weighted by Gasteiger charge is -2.13. The molecule has 0 fully saturated rings. The van der Waals surface area contributed by atoms with E-state index in [1.54, 1.807) is 0 Å². The predicted molar refractivity (Wildman–Crippen MR) is 49.8 cm³/mol. The zero-order valence-electron chi connectivity index (χ0n) is 8.23. The third-order valence-electron chi connectivity index (χ3n) is 2.10. The molecule has 1 nitrogen and oxygen atoms in total. The first-order valence-corrected chi connectivity index (χ1v) is 4.92. The van der Waals surface area contributed by atoms with Crippen LogP contribution < -0.4 is 0 Å². The first kappa shape index (κ1) is 11.0. The number of hydrogen-bond donors (Lipinski definition) is 0. The van der Waals surface area contributed by atoms with Crippen LogP contribution in [0.3, 0.4) is 0 Å². The van der Waals surface area contributed by atoms with E-state index >= 15 is 0 Å². The van der Waals surface area contributed by atoms with Crippen molar-refractivity contribution in [3.8, 4) is 0 Å². The van der Waals surface area contributed by atoms with E-state index in [0.29, 0.717) is 0 Å². The van der Waals surface area contributed by atoms with Gasteiger partial charge in [-0.15, -0.1) is 0 Å². The molecule has 0 bridgehead atoms. The van der Waals surface area contributed by atoms with Crippen LogP contribution in [0.15, 0.2) is 0 Å². The van der Waals surface area contributed by atoms with Gasteiger partial charge < -0.3 is 4.74 Å². The van der Waals surface area contributed by atoms with Crippen molar-refractivity contribution in [2.45, 2.75) is 46.5 Å². The van der Waals surface area contributed by atoms with Crippen molar-refractivity contribution in [2.75, 3.05) is 13.2 Å². The maximum absolute atomic E-state index is 5.38. The van der Waals surface area contributed by atoms with Crippen LogP contribution in [0.2, 0.25) is 0 Å². The third-order valence-corrected chi connectivity index (χ3v) is 2.10. The van der Waals surface area contributed by atoms with Gasteiger partial charge in [-0.2, -0.15) is 0 Å². The van der Waals surface area contributed by atoms with Crippen LogP contribution in [0.5, 0.6) is 0 Å². The summed E-state index contributed by atoms with van der Waals surface area (Å²) in [7, 11) is 0. The topological polar surface area (TPSA) is 9.23 Å². The van der Waals surface area contributed by atoms with Crippen LogP contribution in [-0.2, 0) is 4.74 Å². The largest absolute Gasteiger partial charge is 0.381 e. The van der Waals surface area contributed by atoms with Gasteiger partial charge in [0.05, 0.1) is 0 Å². The summed E-state index contributed by atoms with van der Waals surface area (Å²) in [5.41, 5.74) is 0. The number of unbranched alkanes of at least 4 members (excludes halogenated alkanes) is 1.